The first-order valence-corrected chi connectivity index (χ1v) is 7.94. The van der Waals surface area contributed by atoms with E-state index in [1.807, 2.05) is 30.7 Å². The predicted octanol–water partition coefficient (Wildman–Crippen LogP) is 3.88. The first-order chi connectivity index (χ1) is 9.93. The van der Waals surface area contributed by atoms with E-state index in [-0.39, 0.29) is 6.04 Å². The lowest BCUT2D eigenvalue weighted by Crippen LogP contribution is -2.10. The Morgan fingerprint density at radius 1 is 1.38 bits per heavy atom. The zero-order chi connectivity index (χ0) is 15.6. The van der Waals surface area contributed by atoms with Crippen molar-refractivity contribution in [2.75, 3.05) is 0 Å². The summed E-state index contributed by atoms with van der Waals surface area (Å²) in [6, 6.07) is 6.05. The molecule has 0 radical (unpaired) electrons. The third-order valence-electron chi connectivity index (χ3n) is 3.47. The van der Waals surface area contributed by atoms with Crippen molar-refractivity contribution in [1.82, 2.24) is 9.78 Å². The van der Waals surface area contributed by atoms with Crippen LogP contribution in [0.5, 0.6) is 5.75 Å². The Balaban J connectivity index is 2.25. The van der Waals surface area contributed by atoms with Crippen LogP contribution in [0.15, 0.2) is 22.7 Å². The van der Waals surface area contributed by atoms with E-state index in [1.54, 1.807) is 0 Å². The van der Waals surface area contributed by atoms with Crippen LogP contribution >= 0.6 is 15.9 Å². The van der Waals surface area contributed by atoms with Gasteiger partial charge in [0.15, 0.2) is 0 Å². The van der Waals surface area contributed by atoms with Crippen LogP contribution in [0.25, 0.3) is 0 Å². The lowest BCUT2D eigenvalue weighted by atomic mass is 10.1. The summed E-state index contributed by atoms with van der Waals surface area (Å²) in [6.07, 6.45) is 0. The van der Waals surface area contributed by atoms with Gasteiger partial charge in [0.2, 0.25) is 0 Å². The van der Waals surface area contributed by atoms with Gasteiger partial charge >= 0.3 is 0 Å². The van der Waals surface area contributed by atoms with Crippen molar-refractivity contribution in [1.29, 1.82) is 0 Å². The molecule has 0 spiro atoms. The van der Waals surface area contributed by atoms with Crippen molar-refractivity contribution in [3.05, 3.63) is 45.2 Å². The molecule has 21 heavy (non-hydrogen) atoms. The molecule has 1 atom stereocenters. The van der Waals surface area contributed by atoms with Crippen LogP contribution in [0.4, 0.5) is 0 Å². The maximum atomic E-state index is 6.04. The molecule has 0 aliphatic carbocycles. The van der Waals surface area contributed by atoms with Gasteiger partial charge < -0.3 is 10.5 Å². The quantitative estimate of drug-likeness (QED) is 0.889. The third kappa shape index (κ3) is 3.47. The Hall–Kier alpha value is -1.33. The molecular formula is C16H22BrN3O. The third-order valence-corrected chi connectivity index (χ3v) is 4.50. The van der Waals surface area contributed by atoms with Gasteiger partial charge in [0.05, 0.1) is 15.9 Å². The maximum Gasteiger partial charge on any atom is 0.131 e. The number of rotatable bonds is 5. The molecule has 0 saturated heterocycles. The average Bonchev–Trinajstić information content (AvgIpc) is 2.72. The lowest BCUT2D eigenvalue weighted by molar-refractivity contribution is 0.287. The van der Waals surface area contributed by atoms with Crippen LogP contribution < -0.4 is 10.5 Å². The van der Waals surface area contributed by atoms with Gasteiger partial charge in [0.1, 0.15) is 12.4 Å². The van der Waals surface area contributed by atoms with Gasteiger partial charge in [-0.3, -0.25) is 4.68 Å². The number of ether oxygens (including phenoxy) is 1. The van der Waals surface area contributed by atoms with E-state index in [0.717, 1.165) is 33.7 Å². The summed E-state index contributed by atoms with van der Waals surface area (Å²) in [4.78, 5) is 0. The van der Waals surface area contributed by atoms with E-state index in [2.05, 4.69) is 40.9 Å². The first-order valence-electron chi connectivity index (χ1n) is 7.14. The predicted molar refractivity (Wildman–Crippen MR) is 88.5 cm³/mol. The number of hydrogen-bond donors (Lipinski definition) is 1. The highest BCUT2D eigenvalue weighted by atomic mass is 79.9. The van der Waals surface area contributed by atoms with Crippen molar-refractivity contribution in [3.8, 4) is 5.75 Å². The summed E-state index contributed by atoms with van der Waals surface area (Å²) in [6.45, 7) is 9.37. The van der Waals surface area contributed by atoms with Gasteiger partial charge in [-0.05, 0) is 49.7 Å². The minimum absolute atomic E-state index is 0.0545. The van der Waals surface area contributed by atoms with Crippen molar-refractivity contribution < 1.29 is 4.74 Å². The largest absolute Gasteiger partial charge is 0.487 e. The van der Waals surface area contributed by atoms with Crippen LogP contribution in [0.2, 0.25) is 0 Å². The lowest BCUT2D eigenvalue weighted by Gasteiger charge is -2.15. The molecule has 2 rings (SSSR count). The van der Waals surface area contributed by atoms with E-state index in [9.17, 15) is 0 Å². The Labute approximate surface area is 134 Å². The molecule has 0 bridgehead atoms. The smallest absolute Gasteiger partial charge is 0.131 e. The molecule has 114 valence electrons. The molecule has 2 aromatic rings. The second kappa shape index (κ2) is 6.62. The first kappa shape index (κ1) is 16.0. The number of halogens is 1. The molecule has 1 aromatic heterocycles. The van der Waals surface area contributed by atoms with Crippen LogP contribution in [0, 0.1) is 13.8 Å². The average molecular weight is 352 g/mol. The Morgan fingerprint density at radius 2 is 2.10 bits per heavy atom. The molecule has 4 nitrogen and oxygen atoms in total. The molecule has 1 aromatic carbocycles. The SMILES string of the molecule is CCn1nc(C)c(Br)c1COc1ccc(C)cc1[C@H](C)N. The van der Waals surface area contributed by atoms with Gasteiger partial charge in [-0.2, -0.15) is 5.10 Å². The fourth-order valence-corrected chi connectivity index (χ4v) is 2.71. The number of hydrogen-bond acceptors (Lipinski definition) is 3. The second-order valence-corrected chi connectivity index (χ2v) is 6.07. The summed E-state index contributed by atoms with van der Waals surface area (Å²) in [7, 11) is 0. The highest BCUT2D eigenvalue weighted by Gasteiger charge is 2.14. The van der Waals surface area contributed by atoms with Crippen molar-refractivity contribution in [2.24, 2.45) is 5.73 Å². The van der Waals surface area contributed by atoms with E-state index in [4.69, 9.17) is 10.5 Å². The molecule has 0 aliphatic rings. The van der Waals surface area contributed by atoms with Crippen molar-refractivity contribution in [3.63, 3.8) is 0 Å². The fraction of sp³-hybridized carbons (Fsp3) is 0.438. The molecule has 2 N–H and O–H groups in total. The highest BCUT2D eigenvalue weighted by Crippen LogP contribution is 2.28. The van der Waals surface area contributed by atoms with Gasteiger partial charge in [0.25, 0.3) is 0 Å². The number of aromatic nitrogens is 2. The minimum Gasteiger partial charge on any atom is -0.487 e. The summed E-state index contributed by atoms with van der Waals surface area (Å²) in [5, 5.41) is 4.48. The fourth-order valence-electron chi connectivity index (χ4n) is 2.31. The second-order valence-electron chi connectivity index (χ2n) is 5.28. The molecule has 1 heterocycles. The summed E-state index contributed by atoms with van der Waals surface area (Å²) in [5.74, 6) is 0.837. The monoisotopic (exact) mass is 351 g/mol. The van der Waals surface area contributed by atoms with Crippen LogP contribution in [0.3, 0.4) is 0 Å². The van der Waals surface area contributed by atoms with E-state index < -0.39 is 0 Å². The maximum absolute atomic E-state index is 6.04. The molecule has 0 unspecified atom stereocenters. The normalized spacial score (nSPS) is 12.5. The number of aryl methyl sites for hydroxylation is 3. The van der Waals surface area contributed by atoms with E-state index >= 15 is 0 Å². The van der Waals surface area contributed by atoms with E-state index in [1.165, 1.54) is 5.56 Å². The number of nitrogens with zero attached hydrogens (tertiary/aromatic N) is 2. The summed E-state index contributed by atoms with van der Waals surface area (Å²) < 4.78 is 8.98. The van der Waals surface area contributed by atoms with Crippen LogP contribution in [0.1, 0.15) is 42.4 Å². The molecular weight excluding hydrogens is 330 g/mol. The van der Waals surface area contributed by atoms with Crippen LogP contribution in [-0.2, 0) is 13.2 Å². The Morgan fingerprint density at radius 3 is 2.71 bits per heavy atom. The molecule has 0 aliphatic heterocycles. The molecule has 0 amide bonds. The minimum atomic E-state index is -0.0545. The Bertz CT molecular complexity index is 635. The van der Waals surface area contributed by atoms with Crippen molar-refractivity contribution >= 4 is 15.9 Å². The number of benzene rings is 1. The van der Waals surface area contributed by atoms with Gasteiger partial charge in [-0.1, -0.05) is 17.7 Å². The summed E-state index contributed by atoms with van der Waals surface area (Å²) in [5.41, 5.74) is 10.3. The summed E-state index contributed by atoms with van der Waals surface area (Å²) >= 11 is 3.59. The molecule has 5 heteroatoms. The zero-order valence-corrected chi connectivity index (χ0v) is 14.6. The van der Waals surface area contributed by atoms with E-state index in [0.29, 0.717) is 6.61 Å². The molecule has 0 saturated carbocycles. The van der Waals surface area contributed by atoms with Crippen LogP contribution in [-0.4, -0.2) is 9.78 Å². The zero-order valence-electron chi connectivity index (χ0n) is 13.0. The van der Waals surface area contributed by atoms with Gasteiger partial charge in [0, 0.05) is 18.2 Å². The molecule has 0 fully saturated rings. The Kier molecular flexibility index (Phi) is 5.06. The standard InChI is InChI=1S/C16H22BrN3O/c1-5-20-14(16(17)12(4)19-20)9-21-15-7-6-10(2)8-13(15)11(3)18/h6-8,11H,5,9,18H2,1-4H3/t11-/m0/s1. The van der Waals surface area contributed by atoms with Gasteiger partial charge in [-0.15, -0.1) is 0 Å². The topological polar surface area (TPSA) is 53.1 Å². The van der Waals surface area contributed by atoms with Gasteiger partial charge in [-0.25, -0.2) is 0 Å². The highest BCUT2D eigenvalue weighted by molar-refractivity contribution is 9.10. The van der Waals surface area contributed by atoms with Crippen molar-refractivity contribution in [2.45, 2.75) is 46.9 Å². The number of nitrogens with two attached hydrogens (primary N) is 1.